The summed E-state index contributed by atoms with van der Waals surface area (Å²) in [5, 5.41) is 0. The van der Waals surface area contributed by atoms with Crippen LogP contribution >= 0.6 is 23.5 Å². The molecule has 1 aromatic rings. The largest absolute Gasteiger partial charge is 0.334 e. The number of benzene rings is 1. The van der Waals surface area contributed by atoms with E-state index in [1.807, 2.05) is 40.6 Å². The molecule has 5 heteroatoms. The first-order chi connectivity index (χ1) is 10.3. The predicted molar refractivity (Wildman–Crippen MR) is 91.8 cm³/mol. The third-order valence-electron chi connectivity index (χ3n) is 4.21. The molecule has 0 aliphatic carbocycles. The van der Waals surface area contributed by atoms with E-state index in [0.29, 0.717) is 11.1 Å². The zero-order valence-corrected chi connectivity index (χ0v) is 13.8. The second-order valence-electron chi connectivity index (χ2n) is 5.58. The SMILES string of the molecule is NCC1CCCCN1C(=O)c1ccc(C2SCCS2)cc1. The van der Waals surface area contributed by atoms with Crippen LogP contribution < -0.4 is 5.73 Å². The Balaban J connectivity index is 1.71. The van der Waals surface area contributed by atoms with E-state index in [1.54, 1.807) is 0 Å². The molecule has 2 aliphatic rings. The van der Waals surface area contributed by atoms with Gasteiger partial charge in [-0.2, -0.15) is 0 Å². The van der Waals surface area contributed by atoms with Gasteiger partial charge in [0.1, 0.15) is 0 Å². The monoisotopic (exact) mass is 322 g/mol. The number of nitrogens with two attached hydrogens (primary N) is 1. The molecule has 2 aliphatic heterocycles. The molecule has 21 heavy (non-hydrogen) atoms. The smallest absolute Gasteiger partial charge is 0.254 e. The summed E-state index contributed by atoms with van der Waals surface area (Å²) < 4.78 is 0.543. The summed E-state index contributed by atoms with van der Waals surface area (Å²) in [5.41, 5.74) is 7.94. The van der Waals surface area contributed by atoms with Gasteiger partial charge in [0.25, 0.3) is 5.91 Å². The quantitative estimate of drug-likeness (QED) is 0.929. The zero-order valence-electron chi connectivity index (χ0n) is 12.2. The summed E-state index contributed by atoms with van der Waals surface area (Å²) in [6.07, 6.45) is 3.31. The minimum Gasteiger partial charge on any atom is -0.334 e. The maximum absolute atomic E-state index is 12.7. The number of carbonyl (C=O) groups excluding carboxylic acids is 1. The van der Waals surface area contributed by atoms with E-state index in [4.69, 9.17) is 5.73 Å². The molecule has 2 saturated heterocycles. The van der Waals surface area contributed by atoms with E-state index in [9.17, 15) is 4.79 Å². The Labute approximate surface area is 135 Å². The number of amides is 1. The molecular weight excluding hydrogens is 300 g/mol. The highest BCUT2D eigenvalue weighted by Crippen LogP contribution is 2.45. The van der Waals surface area contributed by atoms with Crippen molar-refractivity contribution in [2.24, 2.45) is 5.73 Å². The number of hydrogen-bond donors (Lipinski definition) is 1. The lowest BCUT2D eigenvalue weighted by Gasteiger charge is -2.35. The molecule has 1 atom stereocenters. The maximum atomic E-state index is 12.7. The van der Waals surface area contributed by atoms with Gasteiger partial charge in [0.15, 0.2) is 0 Å². The van der Waals surface area contributed by atoms with E-state index in [0.717, 1.165) is 24.9 Å². The van der Waals surface area contributed by atoms with Gasteiger partial charge in [0.2, 0.25) is 0 Å². The molecular formula is C16H22N2OS2. The fourth-order valence-electron chi connectivity index (χ4n) is 3.01. The lowest BCUT2D eigenvalue weighted by atomic mass is 10.0. The Hall–Kier alpha value is -0.650. The van der Waals surface area contributed by atoms with Crippen molar-refractivity contribution < 1.29 is 4.79 Å². The highest BCUT2D eigenvalue weighted by atomic mass is 32.2. The Morgan fingerprint density at radius 3 is 2.57 bits per heavy atom. The molecule has 114 valence electrons. The molecule has 1 unspecified atom stereocenters. The number of likely N-dealkylation sites (tertiary alicyclic amines) is 1. The van der Waals surface area contributed by atoms with Crippen molar-refractivity contribution in [3.8, 4) is 0 Å². The fraction of sp³-hybridized carbons (Fsp3) is 0.562. The van der Waals surface area contributed by atoms with E-state index >= 15 is 0 Å². The topological polar surface area (TPSA) is 46.3 Å². The first kappa shape index (κ1) is 15.3. The van der Waals surface area contributed by atoms with Crippen molar-refractivity contribution in [1.29, 1.82) is 0 Å². The third kappa shape index (κ3) is 3.41. The maximum Gasteiger partial charge on any atom is 0.254 e. The van der Waals surface area contributed by atoms with E-state index in [1.165, 1.54) is 23.5 Å². The minimum absolute atomic E-state index is 0.142. The van der Waals surface area contributed by atoms with Crippen LogP contribution in [0.2, 0.25) is 0 Å². The number of carbonyl (C=O) groups is 1. The van der Waals surface area contributed by atoms with Gasteiger partial charge in [-0.15, -0.1) is 23.5 Å². The second-order valence-corrected chi connectivity index (χ2v) is 8.30. The molecule has 0 bridgehead atoms. The van der Waals surface area contributed by atoms with Gasteiger partial charge in [-0.25, -0.2) is 0 Å². The third-order valence-corrected chi connectivity index (χ3v) is 7.32. The Morgan fingerprint density at radius 1 is 1.19 bits per heavy atom. The van der Waals surface area contributed by atoms with Crippen LogP contribution in [0, 0.1) is 0 Å². The van der Waals surface area contributed by atoms with Gasteiger partial charge in [-0.05, 0) is 37.0 Å². The summed E-state index contributed by atoms with van der Waals surface area (Å²) in [5.74, 6) is 2.59. The van der Waals surface area contributed by atoms with Crippen molar-refractivity contribution in [1.82, 2.24) is 4.90 Å². The summed E-state index contributed by atoms with van der Waals surface area (Å²) in [4.78, 5) is 14.6. The molecule has 0 aromatic heterocycles. The van der Waals surface area contributed by atoms with Crippen molar-refractivity contribution in [2.75, 3.05) is 24.6 Å². The molecule has 3 nitrogen and oxygen atoms in total. The van der Waals surface area contributed by atoms with Crippen molar-refractivity contribution >= 4 is 29.4 Å². The Bertz CT molecular complexity index is 486. The normalized spacial score (nSPS) is 23.5. The van der Waals surface area contributed by atoms with Gasteiger partial charge < -0.3 is 10.6 Å². The molecule has 0 spiro atoms. The highest BCUT2D eigenvalue weighted by molar-refractivity contribution is 8.19. The summed E-state index contributed by atoms with van der Waals surface area (Å²) in [6, 6.07) is 8.42. The van der Waals surface area contributed by atoms with Crippen LogP contribution in [0.15, 0.2) is 24.3 Å². The molecule has 1 amide bonds. The average Bonchev–Trinajstić information content (AvgIpc) is 3.09. The van der Waals surface area contributed by atoms with Gasteiger partial charge in [-0.1, -0.05) is 12.1 Å². The van der Waals surface area contributed by atoms with Gasteiger partial charge in [0.05, 0.1) is 4.58 Å². The summed E-state index contributed by atoms with van der Waals surface area (Å²) in [6.45, 7) is 1.41. The number of piperidine rings is 1. The molecule has 3 rings (SSSR count). The average molecular weight is 322 g/mol. The van der Waals surface area contributed by atoms with Gasteiger partial charge >= 0.3 is 0 Å². The first-order valence-corrected chi connectivity index (χ1v) is 9.73. The van der Waals surface area contributed by atoms with Crippen LogP contribution in [0.1, 0.15) is 39.8 Å². The molecule has 2 N–H and O–H groups in total. The molecule has 0 saturated carbocycles. The molecule has 2 fully saturated rings. The van der Waals surface area contributed by atoms with Crippen molar-refractivity contribution in [2.45, 2.75) is 29.9 Å². The number of rotatable bonds is 3. The standard InChI is InChI=1S/C16H22N2OS2/c17-11-14-3-1-2-8-18(14)15(19)12-4-6-13(7-5-12)16-20-9-10-21-16/h4-7,14,16H,1-3,8-11,17H2. The van der Waals surface area contributed by atoms with Crippen LogP contribution in [-0.4, -0.2) is 41.4 Å². The van der Waals surface area contributed by atoms with Crippen molar-refractivity contribution in [3.63, 3.8) is 0 Å². The fourth-order valence-corrected chi connectivity index (χ4v) is 5.87. The van der Waals surface area contributed by atoms with Gasteiger partial charge in [0, 0.05) is 36.2 Å². The number of thioether (sulfide) groups is 2. The molecule has 0 radical (unpaired) electrons. The summed E-state index contributed by atoms with van der Waals surface area (Å²) in [7, 11) is 0. The minimum atomic E-state index is 0.142. The van der Waals surface area contributed by atoms with Gasteiger partial charge in [-0.3, -0.25) is 4.79 Å². The van der Waals surface area contributed by atoms with Crippen LogP contribution in [0.25, 0.3) is 0 Å². The number of nitrogens with zero attached hydrogens (tertiary/aromatic N) is 1. The van der Waals surface area contributed by atoms with Crippen LogP contribution in [0.3, 0.4) is 0 Å². The predicted octanol–water partition coefficient (Wildman–Crippen LogP) is 3.12. The molecule has 1 aromatic carbocycles. The van der Waals surface area contributed by atoms with E-state index in [2.05, 4.69) is 12.1 Å². The van der Waals surface area contributed by atoms with Crippen LogP contribution in [0.5, 0.6) is 0 Å². The Kier molecular flexibility index (Phi) is 5.14. The zero-order chi connectivity index (χ0) is 14.7. The van der Waals surface area contributed by atoms with Crippen LogP contribution in [-0.2, 0) is 0 Å². The lowest BCUT2D eigenvalue weighted by Crippen LogP contribution is -2.47. The van der Waals surface area contributed by atoms with Crippen molar-refractivity contribution in [3.05, 3.63) is 35.4 Å². The lowest BCUT2D eigenvalue weighted by molar-refractivity contribution is 0.0623. The summed E-state index contributed by atoms with van der Waals surface area (Å²) >= 11 is 3.99. The molecule has 2 heterocycles. The van der Waals surface area contributed by atoms with Crippen LogP contribution in [0.4, 0.5) is 0 Å². The van der Waals surface area contributed by atoms with E-state index < -0.39 is 0 Å². The van der Waals surface area contributed by atoms with E-state index in [-0.39, 0.29) is 11.9 Å². The Morgan fingerprint density at radius 2 is 1.90 bits per heavy atom. The number of hydrogen-bond acceptors (Lipinski definition) is 4. The first-order valence-electron chi connectivity index (χ1n) is 7.64. The second kappa shape index (κ2) is 7.07. The highest BCUT2D eigenvalue weighted by Gasteiger charge is 2.26.